The summed E-state index contributed by atoms with van der Waals surface area (Å²) in [6.45, 7) is 4.97. The molecule has 0 unspecified atom stereocenters. The molecule has 0 aliphatic heterocycles. The minimum absolute atomic E-state index is 0.108. The largest absolute Gasteiger partial charge is 0.384 e. The minimum atomic E-state index is -0.108. The Morgan fingerprint density at radius 1 is 1.37 bits per heavy atom. The van der Waals surface area contributed by atoms with Gasteiger partial charge in [0, 0.05) is 30.4 Å². The molecule has 2 rings (SSSR count). The number of aliphatic hydroxyl groups is 1. The lowest BCUT2D eigenvalue weighted by molar-refractivity contribution is 0.350. The van der Waals surface area contributed by atoms with Crippen LogP contribution < -0.4 is 0 Å². The first kappa shape index (κ1) is 13.4. The maximum atomic E-state index is 8.72. The predicted molar refractivity (Wildman–Crippen MR) is 75.8 cm³/mol. The summed E-state index contributed by atoms with van der Waals surface area (Å²) in [6, 6.07) is 8.06. The lowest BCUT2D eigenvalue weighted by Crippen LogP contribution is -2.05. The van der Waals surface area contributed by atoms with Crippen molar-refractivity contribution in [2.24, 2.45) is 0 Å². The molecule has 0 aliphatic carbocycles. The number of hydrogen-bond donors (Lipinski definition) is 1. The molecule has 0 fully saturated rings. The van der Waals surface area contributed by atoms with E-state index in [2.05, 4.69) is 41.3 Å². The third-order valence-corrected chi connectivity index (χ3v) is 2.86. The normalized spacial score (nSPS) is 10.3. The molecule has 1 aromatic heterocycles. The molecule has 1 N–H and O–H groups in total. The van der Waals surface area contributed by atoms with Crippen molar-refractivity contribution in [2.45, 2.75) is 26.3 Å². The van der Waals surface area contributed by atoms with Gasteiger partial charge in [-0.2, -0.15) is 0 Å². The fraction of sp³-hybridized carbons (Fsp3) is 0.312. The van der Waals surface area contributed by atoms with Crippen LogP contribution in [0.2, 0.25) is 0 Å². The van der Waals surface area contributed by atoms with Gasteiger partial charge in [-0.25, -0.2) is 4.98 Å². The van der Waals surface area contributed by atoms with E-state index in [-0.39, 0.29) is 6.61 Å². The lowest BCUT2D eigenvalue weighted by atomic mass is 10.1. The highest BCUT2D eigenvalue weighted by Crippen LogP contribution is 2.14. The lowest BCUT2D eigenvalue weighted by Gasteiger charge is -2.10. The minimum Gasteiger partial charge on any atom is -0.384 e. The molecule has 0 atom stereocenters. The van der Waals surface area contributed by atoms with Gasteiger partial charge in [0.2, 0.25) is 0 Å². The number of imidazole rings is 1. The second kappa shape index (κ2) is 6.21. The third kappa shape index (κ3) is 3.46. The Morgan fingerprint density at radius 2 is 2.21 bits per heavy atom. The average Bonchev–Trinajstić information content (AvgIpc) is 2.85. The summed E-state index contributed by atoms with van der Waals surface area (Å²) < 4.78 is 2.16. The second-order valence-corrected chi connectivity index (χ2v) is 4.73. The fourth-order valence-corrected chi connectivity index (χ4v) is 2.04. The maximum absolute atomic E-state index is 8.72. The zero-order valence-electron chi connectivity index (χ0n) is 11.3. The Balaban J connectivity index is 2.21. The van der Waals surface area contributed by atoms with E-state index in [1.54, 1.807) is 0 Å². The zero-order chi connectivity index (χ0) is 13.7. The molecular formula is C16H18N2O. The van der Waals surface area contributed by atoms with E-state index < -0.39 is 0 Å². The van der Waals surface area contributed by atoms with E-state index in [0.717, 1.165) is 17.9 Å². The van der Waals surface area contributed by atoms with E-state index in [9.17, 15) is 0 Å². The first-order valence-corrected chi connectivity index (χ1v) is 6.40. The molecule has 0 saturated carbocycles. The molecule has 0 spiro atoms. The van der Waals surface area contributed by atoms with Crippen molar-refractivity contribution in [3.8, 4) is 11.8 Å². The molecule has 3 nitrogen and oxygen atoms in total. The Labute approximate surface area is 113 Å². The summed E-state index contributed by atoms with van der Waals surface area (Å²) in [5, 5.41) is 8.72. The van der Waals surface area contributed by atoms with Crippen molar-refractivity contribution >= 4 is 0 Å². The van der Waals surface area contributed by atoms with E-state index >= 15 is 0 Å². The average molecular weight is 254 g/mol. The van der Waals surface area contributed by atoms with Crippen LogP contribution in [0.4, 0.5) is 0 Å². The quantitative estimate of drug-likeness (QED) is 0.854. The molecule has 0 amide bonds. The van der Waals surface area contributed by atoms with Crippen molar-refractivity contribution in [3.05, 3.63) is 53.6 Å². The Kier molecular flexibility index (Phi) is 4.38. The van der Waals surface area contributed by atoms with Crippen molar-refractivity contribution < 1.29 is 5.11 Å². The van der Waals surface area contributed by atoms with Crippen LogP contribution in [0.15, 0.2) is 36.7 Å². The zero-order valence-corrected chi connectivity index (χ0v) is 11.3. The predicted octanol–water partition coefficient (Wildman–Crippen LogP) is 2.40. The van der Waals surface area contributed by atoms with Gasteiger partial charge in [0.25, 0.3) is 0 Å². The van der Waals surface area contributed by atoms with Crippen LogP contribution in [0.1, 0.15) is 36.7 Å². The van der Waals surface area contributed by atoms with Gasteiger partial charge < -0.3 is 9.67 Å². The maximum Gasteiger partial charge on any atom is 0.111 e. The van der Waals surface area contributed by atoms with Gasteiger partial charge in [0.05, 0.1) is 0 Å². The highest BCUT2D eigenvalue weighted by Gasteiger charge is 2.07. The van der Waals surface area contributed by atoms with Gasteiger partial charge in [0.1, 0.15) is 12.4 Å². The number of nitrogens with zero attached hydrogens (tertiary/aromatic N) is 2. The van der Waals surface area contributed by atoms with Crippen LogP contribution in [-0.4, -0.2) is 21.3 Å². The Morgan fingerprint density at radius 3 is 2.95 bits per heavy atom. The van der Waals surface area contributed by atoms with Crippen LogP contribution >= 0.6 is 0 Å². The van der Waals surface area contributed by atoms with Crippen LogP contribution in [0.3, 0.4) is 0 Å². The van der Waals surface area contributed by atoms with Crippen LogP contribution in [0.5, 0.6) is 0 Å². The highest BCUT2D eigenvalue weighted by molar-refractivity contribution is 5.37. The number of aliphatic hydroxyl groups excluding tert-OH is 1. The van der Waals surface area contributed by atoms with Gasteiger partial charge >= 0.3 is 0 Å². The molecule has 19 heavy (non-hydrogen) atoms. The van der Waals surface area contributed by atoms with E-state index in [1.165, 1.54) is 5.56 Å². The summed E-state index contributed by atoms with van der Waals surface area (Å²) in [5.41, 5.74) is 2.11. The summed E-state index contributed by atoms with van der Waals surface area (Å²) in [4.78, 5) is 4.39. The molecule has 0 aliphatic rings. The van der Waals surface area contributed by atoms with Gasteiger partial charge in [-0.1, -0.05) is 37.8 Å². The van der Waals surface area contributed by atoms with Crippen LogP contribution in [-0.2, 0) is 6.54 Å². The molecule has 3 heteroatoms. The highest BCUT2D eigenvalue weighted by atomic mass is 16.2. The molecule has 1 aromatic carbocycles. The van der Waals surface area contributed by atoms with Gasteiger partial charge in [-0.05, 0) is 17.7 Å². The first-order chi connectivity index (χ1) is 9.20. The van der Waals surface area contributed by atoms with E-state index in [1.807, 2.05) is 30.6 Å². The van der Waals surface area contributed by atoms with Gasteiger partial charge in [-0.15, -0.1) is 0 Å². The number of benzene rings is 1. The Hall–Kier alpha value is -2.05. The molecule has 98 valence electrons. The summed E-state index contributed by atoms with van der Waals surface area (Å²) >= 11 is 0. The smallest absolute Gasteiger partial charge is 0.111 e. The van der Waals surface area contributed by atoms with Crippen molar-refractivity contribution in [2.75, 3.05) is 6.61 Å². The third-order valence-electron chi connectivity index (χ3n) is 2.86. The SMILES string of the molecule is CC(C)c1nccn1Cc1cccc(C#CCO)c1. The fourth-order valence-electron chi connectivity index (χ4n) is 2.04. The summed E-state index contributed by atoms with van der Waals surface area (Å²) in [5.74, 6) is 7.09. The van der Waals surface area contributed by atoms with Crippen molar-refractivity contribution in [3.63, 3.8) is 0 Å². The number of hydrogen-bond acceptors (Lipinski definition) is 2. The standard InChI is InChI=1S/C16H18N2O/c1-13(2)16-17-8-9-18(16)12-15-6-3-5-14(11-15)7-4-10-19/h3,5-6,8-9,11,13,19H,10,12H2,1-2H3. The Bertz CT molecular complexity index is 602. The molecule has 1 heterocycles. The van der Waals surface area contributed by atoms with Crippen molar-refractivity contribution in [1.29, 1.82) is 0 Å². The second-order valence-electron chi connectivity index (χ2n) is 4.73. The van der Waals surface area contributed by atoms with E-state index in [0.29, 0.717) is 5.92 Å². The number of aromatic nitrogens is 2. The molecule has 0 bridgehead atoms. The molecule has 2 aromatic rings. The first-order valence-electron chi connectivity index (χ1n) is 6.40. The van der Waals surface area contributed by atoms with Gasteiger partial charge in [-0.3, -0.25) is 0 Å². The molecular weight excluding hydrogens is 236 g/mol. The van der Waals surface area contributed by atoms with Crippen LogP contribution in [0.25, 0.3) is 0 Å². The molecule has 0 saturated heterocycles. The topological polar surface area (TPSA) is 38.0 Å². The molecule has 0 radical (unpaired) electrons. The monoisotopic (exact) mass is 254 g/mol. The summed E-state index contributed by atoms with van der Waals surface area (Å²) in [7, 11) is 0. The summed E-state index contributed by atoms with van der Waals surface area (Å²) in [6.07, 6.45) is 3.84. The number of rotatable bonds is 3. The van der Waals surface area contributed by atoms with Crippen molar-refractivity contribution in [1.82, 2.24) is 9.55 Å². The van der Waals surface area contributed by atoms with Crippen LogP contribution in [0, 0.1) is 11.8 Å². The van der Waals surface area contributed by atoms with E-state index in [4.69, 9.17) is 5.11 Å². The van der Waals surface area contributed by atoms with Gasteiger partial charge in [0.15, 0.2) is 0 Å².